The summed E-state index contributed by atoms with van der Waals surface area (Å²) in [7, 11) is 0. The Labute approximate surface area is 147 Å². The maximum atomic E-state index is 12.6. The lowest BCUT2D eigenvalue weighted by atomic mass is 10.1. The van der Waals surface area contributed by atoms with Crippen molar-refractivity contribution in [3.05, 3.63) is 63.7 Å². The molecule has 0 radical (unpaired) electrons. The van der Waals surface area contributed by atoms with Crippen molar-refractivity contribution in [2.45, 2.75) is 39.5 Å². The van der Waals surface area contributed by atoms with Crippen LogP contribution < -0.4 is 10.2 Å². The zero-order valence-corrected chi connectivity index (χ0v) is 14.7. The molecule has 1 aromatic heterocycles. The predicted molar refractivity (Wildman–Crippen MR) is 95.2 cm³/mol. The van der Waals surface area contributed by atoms with Gasteiger partial charge >= 0.3 is 5.97 Å². The number of esters is 1. The molecule has 134 valence electrons. The van der Waals surface area contributed by atoms with Crippen LogP contribution in [0.1, 0.15) is 48.4 Å². The average molecular weight is 344 g/mol. The smallest absolute Gasteiger partial charge is 0.345 e. The first-order valence-electron chi connectivity index (χ1n) is 8.65. The van der Waals surface area contributed by atoms with Crippen molar-refractivity contribution in [2.24, 2.45) is 0 Å². The summed E-state index contributed by atoms with van der Waals surface area (Å²) < 4.78 is 16.1. The number of hydrogen-bond acceptors (Lipinski definition) is 5. The zero-order valence-electron chi connectivity index (χ0n) is 14.7. The normalized spacial score (nSPS) is 10.5. The quantitative estimate of drug-likeness (QED) is 0.511. The van der Waals surface area contributed by atoms with E-state index in [4.69, 9.17) is 13.9 Å². The summed E-state index contributed by atoms with van der Waals surface area (Å²) in [4.78, 5) is 24.5. The number of unbranched alkanes of at least 4 members (excludes halogenated alkanes) is 1. The average Bonchev–Trinajstić information content (AvgIpc) is 2.63. The molecule has 0 spiro atoms. The lowest BCUT2D eigenvalue weighted by Gasteiger charge is -2.11. The third-order valence-electron chi connectivity index (χ3n) is 3.75. The lowest BCUT2D eigenvalue weighted by molar-refractivity contribution is 0.0520. The Morgan fingerprint density at radius 1 is 1.12 bits per heavy atom. The van der Waals surface area contributed by atoms with Crippen LogP contribution in [0.15, 0.2) is 45.8 Å². The van der Waals surface area contributed by atoms with Gasteiger partial charge in [0.1, 0.15) is 17.6 Å². The van der Waals surface area contributed by atoms with Crippen molar-refractivity contribution < 1.29 is 18.7 Å². The van der Waals surface area contributed by atoms with Crippen LogP contribution >= 0.6 is 0 Å². The molecule has 0 saturated carbocycles. The number of hydrogen-bond donors (Lipinski definition) is 0. The van der Waals surface area contributed by atoms with Crippen molar-refractivity contribution in [2.75, 3.05) is 13.2 Å². The van der Waals surface area contributed by atoms with E-state index in [1.807, 2.05) is 37.3 Å². The molecule has 0 bridgehead atoms. The van der Waals surface area contributed by atoms with E-state index in [0.29, 0.717) is 25.2 Å². The summed E-state index contributed by atoms with van der Waals surface area (Å²) in [6.45, 7) is 4.33. The second-order valence-corrected chi connectivity index (χ2v) is 5.64. The highest BCUT2D eigenvalue weighted by Gasteiger charge is 2.20. The SMILES string of the molecule is CCCCOc1c(CCc2ccccc2)occ(C(=O)OCC)c1=O. The van der Waals surface area contributed by atoms with E-state index in [9.17, 15) is 9.59 Å². The van der Waals surface area contributed by atoms with Crippen molar-refractivity contribution >= 4 is 5.97 Å². The third kappa shape index (κ3) is 5.21. The summed E-state index contributed by atoms with van der Waals surface area (Å²) in [5.74, 6) is -0.112. The van der Waals surface area contributed by atoms with Gasteiger partial charge < -0.3 is 13.9 Å². The molecule has 0 aliphatic rings. The molecule has 1 aromatic carbocycles. The molecular weight excluding hydrogens is 320 g/mol. The second kappa shape index (κ2) is 9.67. The molecule has 0 unspecified atom stereocenters. The van der Waals surface area contributed by atoms with Gasteiger partial charge in [0, 0.05) is 6.42 Å². The molecule has 1 heterocycles. The minimum absolute atomic E-state index is 0.120. The summed E-state index contributed by atoms with van der Waals surface area (Å²) >= 11 is 0. The summed E-state index contributed by atoms with van der Waals surface area (Å²) in [6.07, 6.45) is 4.17. The Bertz CT molecular complexity index is 733. The van der Waals surface area contributed by atoms with Gasteiger partial charge in [-0.05, 0) is 25.3 Å². The monoisotopic (exact) mass is 344 g/mol. The third-order valence-corrected chi connectivity index (χ3v) is 3.75. The van der Waals surface area contributed by atoms with Gasteiger partial charge in [-0.1, -0.05) is 43.7 Å². The van der Waals surface area contributed by atoms with E-state index in [2.05, 4.69) is 0 Å². The zero-order chi connectivity index (χ0) is 18.1. The van der Waals surface area contributed by atoms with Crippen molar-refractivity contribution in [3.8, 4) is 5.75 Å². The van der Waals surface area contributed by atoms with Crippen molar-refractivity contribution in [1.29, 1.82) is 0 Å². The Hall–Kier alpha value is -2.56. The number of rotatable bonds is 9. The van der Waals surface area contributed by atoms with Gasteiger partial charge in [-0.15, -0.1) is 0 Å². The number of carbonyl (C=O) groups excluding carboxylic acids is 1. The van der Waals surface area contributed by atoms with Crippen LogP contribution in [-0.2, 0) is 17.6 Å². The van der Waals surface area contributed by atoms with Crippen molar-refractivity contribution in [1.82, 2.24) is 0 Å². The lowest BCUT2D eigenvalue weighted by Crippen LogP contribution is -2.21. The maximum absolute atomic E-state index is 12.6. The highest BCUT2D eigenvalue weighted by Crippen LogP contribution is 2.18. The molecule has 2 aromatic rings. The van der Waals surface area contributed by atoms with E-state index >= 15 is 0 Å². The van der Waals surface area contributed by atoms with Gasteiger partial charge in [-0.25, -0.2) is 4.79 Å². The number of ether oxygens (including phenoxy) is 2. The van der Waals surface area contributed by atoms with Gasteiger partial charge in [0.05, 0.1) is 13.2 Å². The fraction of sp³-hybridized carbons (Fsp3) is 0.400. The Balaban J connectivity index is 2.25. The fourth-order valence-electron chi connectivity index (χ4n) is 2.38. The maximum Gasteiger partial charge on any atom is 0.345 e. The Kier molecular flexibility index (Phi) is 7.26. The second-order valence-electron chi connectivity index (χ2n) is 5.64. The molecule has 0 N–H and O–H groups in total. The van der Waals surface area contributed by atoms with Crippen LogP contribution in [0, 0.1) is 0 Å². The van der Waals surface area contributed by atoms with E-state index in [1.165, 1.54) is 6.26 Å². The van der Waals surface area contributed by atoms with Crippen LogP contribution in [0.4, 0.5) is 0 Å². The summed E-state index contributed by atoms with van der Waals surface area (Å²) in [5, 5.41) is 0. The van der Waals surface area contributed by atoms with E-state index < -0.39 is 11.4 Å². The van der Waals surface area contributed by atoms with Crippen LogP contribution in [0.25, 0.3) is 0 Å². The molecule has 5 heteroatoms. The largest absolute Gasteiger partial charge is 0.486 e. The molecule has 0 amide bonds. The van der Waals surface area contributed by atoms with Crippen LogP contribution in [0.5, 0.6) is 5.75 Å². The van der Waals surface area contributed by atoms with Gasteiger partial charge in [0.15, 0.2) is 0 Å². The van der Waals surface area contributed by atoms with Crippen LogP contribution in [0.3, 0.4) is 0 Å². The molecule has 0 atom stereocenters. The summed E-state index contributed by atoms with van der Waals surface area (Å²) in [5.41, 5.74) is 0.541. The van der Waals surface area contributed by atoms with Gasteiger partial charge in [-0.3, -0.25) is 4.79 Å². The number of carbonyl (C=O) groups is 1. The molecule has 5 nitrogen and oxygen atoms in total. The Morgan fingerprint density at radius 2 is 1.88 bits per heavy atom. The molecule has 0 saturated heterocycles. The fourth-order valence-corrected chi connectivity index (χ4v) is 2.38. The standard InChI is InChI=1S/C20H24O5/c1-3-5-13-24-19-17(12-11-15-9-7-6-8-10-15)25-14-16(18(19)21)20(22)23-4-2/h6-10,14H,3-5,11-13H2,1-2H3. The predicted octanol–water partition coefficient (Wildman–Crippen LogP) is 3.78. The highest BCUT2D eigenvalue weighted by atomic mass is 16.5. The van der Waals surface area contributed by atoms with Crippen LogP contribution in [-0.4, -0.2) is 19.2 Å². The topological polar surface area (TPSA) is 65.7 Å². The molecular formula is C20H24O5. The summed E-state index contributed by atoms with van der Waals surface area (Å²) in [6, 6.07) is 9.92. The van der Waals surface area contributed by atoms with E-state index in [-0.39, 0.29) is 17.9 Å². The first kappa shape index (κ1) is 18.8. The first-order chi connectivity index (χ1) is 12.2. The number of aryl methyl sites for hydroxylation is 2. The van der Waals surface area contributed by atoms with E-state index in [1.54, 1.807) is 6.92 Å². The first-order valence-corrected chi connectivity index (χ1v) is 8.65. The molecule has 0 aliphatic heterocycles. The highest BCUT2D eigenvalue weighted by molar-refractivity contribution is 5.89. The van der Waals surface area contributed by atoms with E-state index in [0.717, 1.165) is 18.4 Å². The van der Waals surface area contributed by atoms with Gasteiger partial charge in [0.25, 0.3) is 0 Å². The minimum Gasteiger partial charge on any atom is -0.486 e. The van der Waals surface area contributed by atoms with Gasteiger partial charge in [0.2, 0.25) is 11.2 Å². The number of benzene rings is 1. The van der Waals surface area contributed by atoms with Crippen LogP contribution in [0.2, 0.25) is 0 Å². The minimum atomic E-state index is -0.689. The molecule has 0 fully saturated rings. The molecule has 25 heavy (non-hydrogen) atoms. The molecule has 2 rings (SSSR count). The molecule has 0 aliphatic carbocycles. The van der Waals surface area contributed by atoms with Crippen molar-refractivity contribution in [3.63, 3.8) is 0 Å². The van der Waals surface area contributed by atoms with Gasteiger partial charge in [-0.2, -0.15) is 0 Å². The Morgan fingerprint density at radius 3 is 2.56 bits per heavy atom.